The van der Waals surface area contributed by atoms with Crippen molar-refractivity contribution >= 4 is 21.8 Å². The molecule has 0 saturated carbocycles. The van der Waals surface area contributed by atoms with E-state index in [1.807, 2.05) is 109 Å². The van der Waals surface area contributed by atoms with E-state index in [4.69, 9.17) is 15.0 Å². The van der Waals surface area contributed by atoms with E-state index < -0.39 is 0 Å². The maximum absolute atomic E-state index is 9.75. The molecule has 0 aliphatic rings. The van der Waals surface area contributed by atoms with Gasteiger partial charge < -0.3 is 4.57 Å². The van der Waals surface area contributed by atoms with Crippen molar-refractivity contribution in [2.75, 3.05) is 0 Å². The summed E-state index contributed by atoms with van der Waals surface area (Å²) in [5.41, 5.74) is 12.9. The van der Waals surface area contributed by atoms with Crippen LogP contribution in [0.1, 0.15) is 22.3 Å². The highest BCUT2D eigenvalue weighted by Crippen LogP contribution is 2.44. The number of hydrogen-bond donors (Lipinski definition) is 0. The molecule has 6 heteroatoms. The van der Waals surface area contributed by atoms with Gasteiger partial charge in [-0.2, -0.15) is 10.5 Å². The van der Waals surface area contributed by atoms with Crippen LogP contribution < -0.4 is 0 Å². The summed E-state index contributed by atoms with van der Waals surface area (Å²) in [6, 6.07) is 57.4. The summed E-state index contributed by atoms with van der Waals surface area (Å²) in [4.78, 5) is 15.2. The number of fused-ring (bicyclic) bond motifs is 3. The predicted octanol–water partition coefficient (Wildman–Crippen LogP) is 11.7. The first kappa shape index (κ1) is 33.2. The Morgan fingerprint density at radius 3 is 1.22 bits per heavy atom. The number of rotatable bonds is 6. The fraction of sp³-hybridized carbons (Fsp3) is 0.0408. The summed E-state index contributed by atoms with van der Waals surface area (Å²) in [6.45, 7) is 4.25. The summed E-state index contributed by atoms with van der Waals surface area (Å²) in [5, 5.41) is 21.8. The molecule has 0 spiro atoms. The summed E-state index contributed by atoms with van der Waals surface area (Å²) in [5.74, 6) is 1.67. The van der Waals surface area contributed by atoms with Gasteiger partial charge in [-0.05, 0) is 85.6 Å². The zero-order valence-corrected chi connectivity index (χ0v) is 30.2. The van der Waals surface area contributed by atoms with Crippen LogP contribution in [-0.4, -0.2) is 19.5 Å². The lowest BCUT2D eigenvalue weighted by Gasteiger charge is -2.21. The van der Waals surface area contributed by atoms with Gasteiger partial charge in [0.15, 0.2) is 17.5 Å². The van der Waals surface area contributed by atoms with E-state index in [0.717, 1.165) is 66.4 Å². The third kappa shape index (κ3) is 6.08. The molecule has 0 unspecified atom stereocenters. The largest absolute Gasteiger partial charge is 0.308 e. The van der Waals surface area contributed by atoms with E-state index in [1.165, 1.54) is 11.1 Å². The van der Waals surface area contributed by atoms with Crippen LogP contribution in [0.5, 0.6) is 0 Å². The van der Waals surface area contributed by atoms with E-state index in [9.17, 15) is 10.5 Å². The molecule has 0 aliphatic heterocycles. The SMILES string of the molecule is Cc1ccc2c(c1)c1cc(C)ccc1n2-c1c(-c2ccc(C#N)cc2)cc(-c2nc(-c3ccccc3)nc(-c3ccccc3)n2)cc1-c1ccc(C#N)cc1. The van der Waals surface area contributed by atoms with Gasteiger partial charge in [-0.3, -0.25) is 0 Å². The first-order chi connectivity index (χ1) is 27.0. The maximum atomic E-state index is 9.75. The van der Waals surface area contributed by atoms with E-state index >= 15 is 0 Å². The van der Waals surface area contributed by atoms with Crippen LogP contribution in [0.15, 0.2) is 158 Å². The second kappa shape index (κ2) is 13.7. The molecule has 2 heterocycles. The molecule has 6 nitrogen and oxygen atoms in total. The van der Waals surface area contributed by atoms with Crippen molar-refractivity contribution in [3.8, 4) is 74.2 Å². The Hall–Kier alpha value is -7.67. The minimum Gasteiger partial charge on any atom is -0.308 e. The van der Waals surface area contributed by atoms with Gasteiger partial charge in [0.1, 0.15) is 0 Å². The minimum absolute atomic E-state index is 0.525. The highest BCUT2D eigenvalue weighted by atomic mass is 15.0. The van der Waals surface area contributed by atoms with Gasteiger partial charge in [0.25, 0.3) is 0 Å². The molecule has 0 N–H and O–H groups in total. The van der Waals surface area contributed by atoms with Crippen molar-refractivity contribution in [2.45, 2.75) is 13.8 Å². The van der Waals surface area contributed by atoms with Gasteiger partial charge >= 0.3 is 0 Å². The Morgan fingerprint density at radius 1 is 0.418 bits per heavy atom. The number of aromatic nitrogens is 4. The molecule has 55 heavy (non-hydrogen) atoms. The number of nitrogens with zero attached hydrogens (tertiary/aromatic N) is 6. The Kier molecular flexibility index (Phi) is 8.27. The van der Waals surface area contributed by atoms with Crippen LogP contribution in [0.2, 0.25) is 0 Å². The highest BCUT2D eigenvalue weighted by Gasteiger charge is 2.23. The molecule has 0 atom stereocenters. The average molecular weight is 705 g/mol. The van der Waals surface area contributed by atoms with Gasteiger partial charge in [-0.25, -0.2) is 15.0 Å². The molecule has 0 amide bonds. The predicted molar refractivity (Wildman–Crippen MR) is 220 cm³/mol. The molecule has 0 bridgehead atoms. The van der Waals surface area contributed by atoms with Gasteiger partial charge in [0.05, 0.1) is 40.0 Å². The van der Waals surface area contributed by atoms with E-state index in [0.29, 0.717) is 28.6 Å². The molecule has 2 aromatic heterocycles. The quantitative estimate of drug-likeness (QED) is 0.172. The van der Waals surface area contributed by atoms with Crippen LogP contribution in [-0.2, 0) is 0 Å². The standard InChI is InChI=1S/C49H32N6/c1-31-13-23-44-42(25-31)43-26-32(2)14-24-45(43)55(44)46-40(35-19-15-33(29-50)16-20-35)27-39(28-41(46)36-21-17-34(30-51)18-22-36)49-53-47(37-9-5-3-6-10-37)52-48(54-49)38-11-7-4-8-12-38/h3-28H,1-2H3. The van der Waals surface area contributed by atoms with Crippen molar-refractivity contribution in [3.63, 3.8) is 0 Å². The second-order valence-corrected chi connectivity index (χ2v) is 13.7. The Labute approximate surface area is 318 Å². The summed E-state index contributed by atoms with van der Waals surface area (Å²) in [6.07, 6.45) is 0. The van der Waals surface area contributed by atoms with E-state index in [1.54, 1.807) is 0 Å². The normalized spacial score (nSPS) is 11.1. The molecule has 7 aromatic carbocycles. The summed E-state index contributed by atoms with van der Waals surface area (Å²) >= 11 is 0. The monoisotopic (exact) mass is 704 g/mol. The molecule has 0 radical (unpaired) electrons. The van der Waals surface area contributed by atoms with Gasteiger partial charge in [-0.1, -0.05) is 108 Å². The zero-order valence-electron chi connectivity index (χ0n) is 30.2. The average Bonchev–Trinajstić information content (AvgIpc) is 3.55. The van der Waals surface area contributed by atoms with E-state index in [-0.39, 0.29) is 0 Å². The van der Waals surface area contributed by atoms with Gasteiger partial charge in [0.2, 0.25) is 0 Å². The van der Waals surface area contributed by atoms with Gasteiger partial charge in [0, 0.05) is 38.6 Å². The Bertz CT molecular complexity index is 2790. The third-order valence-corrected chi connectivity index (χ3v) is 10.0. The lowest BCUT2D eigenvalue weighted by atomic mass is 9.91. The molecule has 0 fully saturated rings. The first-order valence-corrected chi connectivity index (χ1v) is 18.1. The molecule has 9 rings (SSSR count). The van der Waals surface area contributed by atoms with Crippen molar-refractivity contribution in [1.82, 2.24) is 19.5 Å². The zero-order chi connectivity index (χ0) is 37.5. The maximum Gasteiger partial charge on any atom is 0.164 e. The van der Waals surface area contributed by atoms with Crippen LogP contribution >= 0.6 is 0 Å². The van der Waals surface area contributed by atoms with Gasteiger partial charge in [-0.15, -0.1) is 0 Å². The number of benzene rings is 7. The second-order valence-electron chi connectivity index (χ2n) is 13.7. The molecule has 258 valence electrons. The fourth-order valence-electron chi connectivity index (χ4n) is 7.32. The number of aryl methyl sites for hydroxylation is 2. The number of hydrogen-bond acceptors (Lipinski definition) is 5. The molecule has 9 aromatic rings. The Morgan fingerprint density at radius 2 is 0.818 bits per heavy atom. The molecule has 0 saturated heterocycles. The number of nitriles is 2. The van der Waals surface area contributed by atoms with Crippen LogP contribution in [0, 0.1) is 36.5 Å². The highest BCUT2D eigenvalue weighted by molar-refractivity contribution is 6.11. The topological polar surface area (TPSA) is 91.2 Å². The van der Waals surface area contributed by atoms with Crippen LogP contribution in [0.3, 0.4) is 0 Å². The molecular formula is C49H32N6. The van der Waals surface area contributed by atoms with Crippen molar-refractivity contribution in [1.29, 1.82) is 10.5 Å². The minimum atomic E-state index is 0.525. The van der Waals surface area contributed by atoms with Crippen molar-refractivity contribution < 1.29 is 0 Å². The first-order valence-electron chi connectivity index (χ1n) is 18.1. The third-order valence-electron chi connectivity index (χ3n) is 10.0. The summed E-state index contributed by atoms with van der Waals surface area (Å²) in [7, 11) is 0. The fourth-order valence-corrected chi connectivity index (χ4v) is 7.32. The summed E-state index contributed by atoms with van der Waals surface area (Å²) < 4.78 is 2.35. The van der Waals surface area contributed by atoms with Crippen LogP contribution in [0.25, 0.3) is 83.9 Å². The lowest BCUT2D eigenvalue weighted by Crippen LogP contribution is -2.04. The smallest absolute Gasteiger partial charge is 0.164 e. The van der Waals surface area contributed by atoms with E-state index in [2.05, 4.69) is 79.1 Å². The Balaban J connectivity index is 1.42. The van der Waals surface area contributed by atoms with Crippen molar-refractivity contribution in [3.05, 3.63) is 180 Å². The lowest BCUT2D eigenvalue weighted by molar-refractivity contribution is 1.07. The van der Waals surface area contributed by atoms with Crippen LogP contribution in [0.4, 0.5) is 0 Å². The molecular weight excluding hydrogens is 673 g/mol. The van der Waals surface area contributed by atoms with Crippen molar-refractivity contribution in [2.24, 2.45) is 0 Å². The molecule has 0 aliphatic carbocycles.